The fourth-order valence-electron chi connectivity index (χ4n) is 2.11. The maximum atomic E-state index is 12.0. The molecule has 1 N–H and O–H groups in total. The topological polar surface area (TPSA) is 85.1 Å². The van der Waals surface area contributed by atoms with Crippen molar-refractivity contribution in [1.82, 2.24) is 14.5 Å². The van der Waals surface area contributed by atoms with Crippen LogP contribution < -0.4 is 5.69 Å². The highest BCUT2D eigenvalue weighted by Gasteiger charge is 2.14. The van der Waals surface area contributed by atoms with Gasteiger partial charge in [-0.15, -0.1) is 0 Å². The van der Waals surface area contributed by atoms with Crippen molar-refractivity contribution in [3.05, 3.63) is 57.5 Å². The van der Waals surface area contributed by atoms with Gasteiger partial charge in [-0.05, 0) is 25.5 Å². The summed E-state index contributed by atoms with van der Waals surface area (Å²) in [5, 5.41) is 8.94. The summed E-state index contributed by atoms with van der Waals surface area (Å²) in [6, 6.07) is 3.64. The molecule has 6 heteroatoms. The summed E-state index contributed by atoms with van der Waals surface area (Å²) in [5.41, 5.74) is 2.18. The second-order valence-electron chi connectivity index (χ2n) is 4.56. The molecular weight excluding hydrogens is 258 g/mol. The van der Waals surface area contributed by atoms with Crippen LogP contribution in [-0.4, -0.2) is 25.6 Å². The number of carboxylic acid groups (broad SMARTS) is 1. The van der Waals surface area contributed by atoms with Crippen molar-refractivity contribution < 1.29 is 9.90 Å². The van der Waals surface area contributed by atoms with Crippen molar-refractivity contribution >= 4 is 5.97 Å². The normalized spacial score (nSPS) is 10.5. The summed E-state index contributed by atoms with van der Waals surface area (Å²) < 4.78 is 1.47. The van der Waals surface area contributed by atoms with E-state index in [0.29, 0.717) is 23.5 Å². The van der Waals surface area contributed by atoms with Crippen molar-refractivity contribution in [3.8, 4) is 0 Å². The van der Waals surface area contributed by atoms with Crippen molar-refractivity contribution in [2.45, 2.75) is 26.8 Å². The number of rotatable bonds is 4. The van der Waals surface area contributed by atoms with E-state index in [1.807, 2.05) is 6.07 Å². The molecule has 0 fully saturated rings. The average molecular weight is 273 g/mol. The highest BCUT2D eigenvalue weighted by Crippen LogP contribution is 2.11. The van der Waals surface area contributed by atoms with Crippen molar-refractivity contribution in [2.24, 2.45) is 0 Å². The van der Waals surface area contributed by atoms with Gasteiger partial charge in [-0.3, -0.25) is 14.3 Å². The van der Waals surface area contributed by atoms with Crippen LogP contribution in [0.5, 0.6) is 0 Å². The largest absolute Gasteiger partial charge is 0.481 e. The van der Waals surface area contributed by atoms with Gasteiger partial charge < -0.3 is 5.11 Å². The molecular formula is C14H15N3O3. The van der Waals surface area contributed by atoms with E-state index in [1.165, 1.54) is 4.57 Å². The molecule has 2 rings (SSSR count). The van der Waals surface area contributed by atoms with E-state index in [9.17, 15) is 9.59 Å². The lowest BCUT2D eigenvalue weighted by Gasteiger charge is -2.14. The van der Waals surface area contributed by atoms with E-state index >= 15 is 0 Å². The summed E-state index contributed by atoms with van der Waals surface area (Å²) in [6.45, 7) is 3.73. The lowest BCUT2D eigenvalue weighted by atomic mass is 10.1. The number of hydrogen-bond donors (Lipinski definition) is 1. The molecule has 0 atom stereocenters. The third kappa shape index (κ3) is 2.90. The Morgan fingerprint density at radius 1 is 1.40 bits per heavy atom. The van der Waals surface area contributed by atoms with E-state index in [4.69, 9.17) is 5.11 Å². The zero-order valence-corrected chi connectivity index (χ0v) is 11.3. The molecule has 0 aliphatic carbocycles. The van der Waals surface area contributed by atoms with Gasteiger partial charge in [0.2, 0.25) is 0 Å². The van der Waals surface area contributed by atoms with Crippen LogP contribution in [0.2, 0.25) is 0 Å². The molecule has 6 nitrogen and oxygen atoms in total. The first-order valence-corrected chi connectivity index (χ1v) is 6.16. The van der Waals surface area contributed by atoms with Crippen LogP contribution in [0, 0.1) is 13.8 Å². The zero-order chi connectivity index (χ0) is 14.7. The second-order valence-corrected chi connectivity index (χ2v) is 4.56. The Morgan fingerprint density at radius 3 is 2.75 bits per heavy atom. The molecule has 0 spiro atoms. The van der Waals surface area contributed by atoms with Gasteiger partial charge >= 0.3 is 11.7 Å². The van der Waals surface area contributed by atoms with E-state index < -0.39 is 5.97 Å². The Balaban J connectivity index is 2.48. The predicted molar refractivity (Wildman–Crippen MR) is 72.6 cm³/mol. The monoisotopic (exact) mass is 273 g/mol. The highest BCUT2D eigenvalue weighted by atomic mass is 16.4. The number of aryl methyl sites for hydroxylation is 1. The molecule has 0 aliphatic heterocycles. The number of nitrogens with zero attached hydrogens (tertiary/aromatic N) is 3. The molecule has 0 saturated heterocycles. The van der Waals surface area contributed by atoms with Crippen LogP contribution in [0.1, 0.15) is 22.5 Å². The van der Waals surface area contributed by atoms with Crippen LogP contribution in [0.15, 0.2) is 29.3 Å². The Bertz CT molecular complexity index is 693. The smallest absolute Gasteiger partial charge is 0.348 e. The van der Waals surface area contributed by atoms with Gasteiger partial charge in [0.1, 0.15) is 0 Å². The van der Waals surface area contributed by atoms with Crippen LogP contribution >= 0.6 is 0 Å². The number of pyridine rings is 1. The number of aliphatic carboxylic acids is 1. The van der Waals surface area contributed by atoms with Gasteiger partial charge in [0, 0.05) is 29.3 Å². The molecule has 104 valence electrons. The van der Waals surface area contributed by atoms with E-state index in [0.717, 1.165) is 5.56 Å². The Labute approximate surface area is 115 Å². The highest BCUT2D eigenvalue weighted by molar-refractivity contribution is 5.70. The van der Waals surface area contributed by atoms with Gasteiger partial charge in [-0.25, -0.2) is 4.79 Å². The molecule has 0 amide bonds. The van der Waals surface area contributed by atoms with Gasteiger partial charge in [0.15, 0.2) is 0 Å². The van der Waals surface area contributed by atoms with Crippen LogP contribution in [0.4, 0.5) is 0 Å². The molecule has 2 aromatic heterocycles. The molecule has 2 heterocycles. The van der Waals surface area contributed by atoms with Crippen molar-refractivity contribution in [2.75, 3.05) is 0 Å². The first-order valence-electron chi connectivity index (χ1n) is 6.16. The molecule has 2 aromatic rings. The first kappa shape index (κ1) is 13.9. The molecule has 0 radical (unpaired) electrons. The van der Waals surface area contributed by atoms with Gasteiger partial charge in [-0.2, -0.15) is 4.98 Å². The minimum atomic E-state index is -0.940. The minimum Gasteiger partial charge on any atom is -0.481 e. The summed E-state index contributed by atoms with van der Waals surface area (Å²) in [4.78, 5) is 30.8. The third-order valence-electron chi connectivity index (χ3n) is 3.16. The van der Waals surface area contributed by atoms with E-state index in [-0.39, 0.29) is 12.1 Å². The molecule has 0 saturated carbocycles. The van der Waals surface area contributed by atoms with Gasteiger partial charge in [0.05, 0.1) is 13.0 Å². The van der Waals surface area contributed by atoms with Crippen molar-refractivity contribution in [3.63, 3.8) is 0 Å². The fraction of sp³-hybridized carbons (Fsp3) is 0.286. The van der Waals surface area contributed by atoms with Crippen LogP contribution in [0.25, 0.3) is 0 Å². The van der Waals surface area contributed by atoms with Crippen molar-refractivity contribution in [1.29, 1.82) is 0 Å². The summed E-state index contributed by atoms with van der Waals surface area (Å²) in [5.74, 6) is -0.940. The second kappa shape index (κ2) is 5.64. The molecule has 20 heavy (non-hydrogen) atoms. The summed E-state index contributed by atoms with van der Waals surface area (Å²) >= 11 is 0. The quantitative estimate of drug-likeness (QED) is 0.895. The lowest BCUT2D eigenvalue weighted by Crippen LogP contribution is -2.29. The van der Waals surface area contributed by atoms with Gasteiger partial charge in [0.25, 0.3) is 0 Å². The summed E-state index contributed by atoms with van der Waals surface area (Å²) in [6.07, 6.45) is 3.18. The SMILES string of the molecule is Cc1nc(=O)n(Cc2cccnc2)c(C)c1CC(=O)O. The number of hydrogen-bond acceptors (Lipinski definition) is 4. The van der Waals surface area contributed by atoms with Crippen LogP contribution in [-0.2, 0) is 17.8 Å². The van der Waals surface area contributed by atoms with E-state index in [1.54, 1.807) is 32.3 Å². The Kier molecular flexibility index (Phi) is 3.93. The molecule has 0 aromatic carbocycles. The Hall–Kier alpha value is -2.50. The third-order valence-corrected chi connectivity index (χ3v) is 3.16. The number of carbonyl (C=O) groups is 1. The molecule has 0 bridgehead atoms. The molecule has 0 unspecified atom stereocenters. The summed E-state index contributed by atoms with van der Waals surface area (Å²) in [7, 11) is 0. The fourth-order valence-corrected chi connectivity index (χ4v) is 2.11. The maximum Gasteiger partial charge on any atom is 0.348 e. The van der Waals surface area contributed by atoms with Crippen LogP contribution in [0.3, 0.4) is 0 Å². The van der Waals surface area contributed by atoms with E-state index in [2.05, 4.69) is 9.97 Å². The zero-order valence-electron chi connectivity index (χ0n) is 11.3. The Morgan fingerprint density at radius 2 is 2.15 bits per heavy atom. The minimum absolute atomic E-state index is 0.141. The number of carboxylic acids is 1. The average Bonchev–Trinajstić information content (AvgIpc) is 2.40. The standard InChI is InChI=1S/C14H15N3O3/c1-9-12(6-13(18)19)10(2)17(14(20)16-9)8-11-4-3-5-15-7-11/h3-5,7H,6,8H2,1-2H3,(H,18,19). The number of aromatic nitrogens is 3. The molecule has 0 aliphatic rings. The lowest BCUT2D eigenvalue weighted by molar-refractivity contribution is -0.136. The predicted octanol–water partition coefficient (Wildman–Crippen LogP) is 0.931. The maximum absolute atomic E-state index is 12.0. The first-order chi connectivity index (χ1) is 9.49. The van der Waals surface area contributed by atoms with Gasteiger partial charge in [-0.1, -0.05) is 6.07 Å².